The van der Waals surface area contributed by atoms with Crippen LogP contribution >= 0.6 is 54.5 Å². The minimum absolute atomic E-state index is 0.285. The van der Waals surface area contributed by atoms with Crippen LogP contribution in [0.4, 0.5) is 0 Å². The van der Waals surface area contributed by atoms with Crippen LogP contribution < -0.4 is 0 Å². The molecule has 0 aliphatic carbocycles. The topological polar surface area (TPSA) is 63.1 Å². The standard InChI is InChI=1S/C13H6Br2N2O2S2/c14-7-2-8(15)11(16-3-7)12-17-9(5-21-12)10-1-6(4-20-10)13(18)19/h1-5H,(H,18,19). The highest BCUT2D eigenvalue weighted by molar-refractivity contribution is 9.11. The van der Waals surface area contributed by atoms with Crippen LogP contribution in [0, 0.1) is 0 Å². The van der Waals surface area contributed by atoms with Crippen molar-refractivity contribution in [2.24, 2.45) is 0 Å². The molecule has 21 heavy (non-hydrogen) atoms. The lowest BCUT2D eigenvalue weighted by molar-refractivity contribution is 0.0697. The van der Waals surface area contributed by atoms with E-state index in [4.69, 9.17) is 5.11 Å². The zero-order chi connectivity index (χ0) is 15.0. The van der Waals surface area contributed by atoms with Crippen LogP contribution in [0.2, 0.25) is 0 Å². The summed E-state index contributed by atoms with van der Waals surface area (Å²) in [6, 6.07) is 3.55. The Morgan fingerprint density at radius 1 is 1.19 bits per heavy atom. The molecule has 0 fully saturated rings. The number of thiazole rings is 1. The van der Waals surface area contributed by atoms with Crippen molar-refractivity contribution < 1.29 is 9.90 Å². The third-order valence-corrected chi connectivity index (χ3v) is 5.45. The normalized spacial score (nSPS) is 10.8. The van der Waals surface area contributed by atoms with Crippen molar-refractivity contribution >= 4 is 60.5 Å². The summed E-state index contributed by atoms with van der Waals surface area (Å²) in [6.45, 7) is 0. The van der Waals surface area contributed by atoms with Gasteiger partial charge in [-0.15, -0.1) is 22.7 Å². The molecule has 0 spiro atoms. The van der Waals surface area contributed by atoms with Gasteiger partial charge in [0, 0.05) is 25.9 Å². The fourth-order valence-corrected chi connectivity index (χ4v) is 4.70. The fourth-order valence-electron chi connectivity index (χ4n) is 1.65. The van der Waals surface area contributed by atoms with Gasteiger partial charge in [-0.1, -0.05) is 0 Å². The van der Waals surface area contributed by atoms with Crippen LogP contribution in [0.3, 0.4) is 0 Å². The quantitative estimate of drug-likeness (QED) is 0.604. The molecular formula is C13H6Br2N2O2S2. The van der Waals surface area contributed by atoms with Gasteiger partial charge in [0.1, 0.15) is 10.7 Å². The first-order chi connectivity index (χ1) is 10.0. The molecule has 8 heteroatoms. The Labute approximate surface area is 144 Å². The molecule has 106 valence electrons. The number of hydrogen-bond acceptors (Lipinski definition) is 5. The molecule has 0 amide bonds. The Hall–Kier alpha value is -1.09. The van der Waals surface area contributed by atoms with Gasteiger partial charge in [0.2, 0.25) is 0 Å². The number of pyridine rings is 1. The minimum atomic E-state index is -0.926. The van der Waals surface area contributed by atoms with Gasteiger partial charge in [-0.25, -0.2) is 9.78 Å². The average Bonchev–Trinajstić information content (AvgIpc) is 3.07. The Morgan fingerprint density at radius 3 is 2.67 bits per heavy atom. The number of rotatable bonds is 3. The zero-order valence-electron chi connectivity index (χ0n) is 10.2. The summed E-state index contributed by atoms with van der Waals surface area (Å²) in [4.78, 5) is 20.6. The average molecular weight is 446 g/mol. The summed E-state index contributed by atoms with van der Waals surface area (Å²) in [5.74, 6) is -0.926. The molecule has 3 aromatic heterocycles. The largest absolute Gasteiger partial charge is 0.478 e. The third kappa shape index (κ3) is 3.08. The molecule has 1 N–H and O–H groups in total. The van der Waals surface area contributed by atoms with Gasteiger partial charge < -0.3 is 5.11 Å². The lowest BCUT2D eigenvalue weighted by Gasteiger charge is -1.99. The number of carboxylic acid groups (broad SMARTS) is 1. The molecule has 0 radical (unpaired) electrons. The van der Waals surface area contributed by atoms with E-state index in [1.165, 1.54) is 22.7 Å². The second-order valence-electron chi connectivity index (χ2n) is 4.03. The van der Waals surface area contributed by atoms with Crippen LogP contribution in [0.5, 0.6) is 0 Å². The molecule has 0 bridgehead atoms. The molecule has 0 saturated carbocycles. The summed E-state index contributed by atoms with van der Waals surface area (Å²) in [6.07, 6.45) is 1.72. The summed E-state index contributed by atoms with van der Waals surface area (Å²) in [7, 11) is 0. The molecule has 0 saturated heterocycles. The summed E-state index contributed by atoms with van der Waals surface area (Å²) >= 11 is 9.68. The van der Waals surface area contributed by atoms with Crippen molar-refractivity contribution in [2.45, 2.75) is 0 Å². The maximum absolute atomic E-state index is 10.9. The number of carbonyl (C=O) groups is 1. The number of carboxylic acids is 1. The number of aromatic carboxylic acids is 1. The first-order valence-electron chi connectivity index (χ1n) is 5.64. The second kappa shape index (κ2) is 5.96. The van der Waals surface area contributed by atoms with Gasteiger partial charge in [-0.2, -0.15) is 0 Å². The summed E-state index contributed by atoms with van der Waals surface area (Å²) in [5, 5.41) is 13.3. The molecule has 0 atom stereocenters. The highest BCUT2D eigenvalue weighted by Crippen LogP contribution is 2.35. The minimum Gasteiger partial charge on any atom is -0.478 e. The Morgan fingerprint density at radius 2 is 2.00 bits per heavy atom. The van der Waals surface area contributed by atoms with Gasteiger partial charge in [-0.05, 0) is 44.0 Å². The molecule has 0 aliphatic rings. The molecule has 0 aromatic carbocycles. The molecule has 3 rings (SSSR count). The number of nitrogens with zero attached hydrogens (tertiary/aromatic N) is 2. The van der Waals surface area contributed by atoms with Gasteiger partial charge in [0.05, 0.1) is 16.1 Å². The zero-order valence-corrected chi connectivity index (χ0v) is 15.0. The molecule has 0 unspecified atom stereocenters. The lowest BCUT2D eigenvalue weighted by atomic mass is 10.3. The molecule has 0 aliphatic heterocycles. The van der Waals surface area contributed by atoms with E-state index in [0.29, 0.717) is 0 Å². The van der Waals surface area contributed by atoms with E-state index in [0.717, 1.165) is 30.2 Å². The van der Waals surface area contributed by atoms with Gasteiger partial charge >= 0.3 is 5.97 Å². The van der Waals surface area contributed by atoms with E-state index in [-0.39, 0.29) is 5.56 Å². The SMILES string of the molecule is O=C(O)c1csc(-c2csc(-c3ncc(Br)cc3Br)n2)c1. The third-order valence-electron chi connectivity index (χ3n) is 2.61. The van der Waals surface area contributed by atoms with Crippen LogP contribution in [-0.4, -0.2) is 21.0 Å². The molecule has 4 nitrogen and oxygen atoms in total. The maximum atomic E-state index is 10.9. The Balaban J connectivity index is 1.97. The van der Waals surface area contributed by atoms with E-state index >= 15 is 0 Å². The predicted octanol–water partition coefficient (Wildman–Crippen LogP) is 5.16. The van der Waals surface area contributed by atoms with E-state index in [9.17, 15) is 4.79 Å². The van der Waals surface area contributed by atoms with Crippen molar-refractivity contribution in [3.63, 3.8) is 0 Å². The van der Waals surface area contributed by atoms with Crippen molar-refractivity contribution in [1.82, 2.24) is 9.97 Å². The van der Waals surface area contributed by atoms with E-state index in [2.05, 4.69) is 41.8 Å². The Kier molecular flexibility index (Phi) is 4.21. The van der Waals surface area contributed by atoms with Crippen molar-refractivity contribution in [2.75, 3.05) is 0 Å². The molecule has 3 heterocycles. The summed E-state index contributed by atoms with van der Waals surface area (Å²) < 4.78 is 1.74. The van der Waals surface area contributed by atoms with Gasteiger partial charge in [0.15, 0.2) is 0 Å². The number of hydrogen-bond donors (Lipinski definition) is 1. The maximum Gasteiger partial charge on any atom is 0.336 e. The Bertz CT molecular complexity index is 829. The smallest absolute Gasteiger partial charge is 0.336 e. The number of halogens is 2. The van der Waals surface area contributed by atoms with E-state index in [1.807, 2.05) is 11.4 Å². The molecule has 3 aromatic rings. The van der Waals surface area contributed by atoms with Crippen molar-refractivity contribution in [1.29, 1.82) is 0 Å². The van der Waals surface area contributed by atoms with Crippen LogP contribution in [-0.2, 0) is 0 Å². The first-order valence-corrected chi connectivity index (χ1v) is 8.98. The van der Waals surface area contributed by atoms with Gasteiger partial charge in [-0.3, -0.25) is 4.98 Å². The van der Waals surface area contributed by atoms with Crippen LogP contribution in [0.1, 0.15) is 10.4 Å². The van der Waals surface area contributed by atoms with E-state index < -0.39 is 5.97 Å². The lowest BCUT2D eigenvalue weighted by Crippen LogP contribution is -1.91. The second-order valence-corrected chi connectivity index (χ2v) is 7.57. The van der Waals surface area contributed by atoms with Gasteiger partial charge in [0.25, 0.3) is 0 Å². The van der Waals surface area contributed by atoms with Crippen molar-refractivity contribution in [3.8, 4) is 21.3 Å². The summed E-state index contributed by atoms with van der Waals surface area (Å²) in [5.41, 5.74) is 1.82. The van der Waals surface area contributed by atoms with E-state index in [1.54, 1.807) is 17.6 Å². The predicted molar refractivity (Wildman–Crippen MR) is 91.0 cm³/mol. The van der Waals surface area contributed by atoms with Crippen molar-refractivity contribution in [3.05, 3.63) is 43.6 Å². The number of aromatic nitrogens is 2. The first kappa shape index (κ1) is 14.8. The monoisotopic (exact) mass is 444 g/mol. The van der Waals surface area contributed by atoms with Crippen LogP contribution in [0.25, 0.3) is 21.3 Å². The fraction of sp³-hybridized carbons (Fsp3) is 0. The van der Waals surface area contributed by atoms with Crippen LogP contribution in [0.15, 0.2) is 38.0 Å². The highest BCUT2D eigenvalue weighted by atomic mass is 79.9. The number of thiophene rings is 1. The molecular weight excluding hydrogens is 440 g/mol. The highest BCUT2D eigenvalue weighted by Gasteiger charge is 2.14.